The molecule has 0 spiro atoms. The van der Waals surface area contributed by atoms with E-state index >= 15 is 8.78 Å². The molecule has 718 valence electrons. The Bertz CT molecular complexity index is 7140. The van der Waals surface area contributed by atoms with Gasteiger partial charge in [-0.2, -0.15) is 15.0 Å². The molecule has 16 rings (SSSR count). The van der Waals surface area contributed by atoms with E-state index in [1.165, 1.54) is 56.2 Å². The van der Waals surface area contributed by atoms with Crippen LogP contribution in [-0.4, -0.2) is 215 Å². The van der Waals surface area contributed by atoms with E-state index < -0.39 is 49.3 Å². The third kappa shape index (κ3) is 20.0. The molecule has 0 saturated carbocycles. The first-order valence-electron chi connectivity index (χ1n) is 45.7. The number of aryl methyl sites for hydroxylation is 2. The first-order valence-corrected chi connectivity index (χ1v) is 50.3. The number of likely N-dealkylation sites (tertiary alicyclic amines) is 1. The number of carbonyl (C=O) groups excluding carboxylic acids is 3. The van der Waals surface area contributed by atoms with Gasteiger partial charge >= 0.3 is 17.1 Å². The Morgan fingerprint density at radius 2 is 0.825 bits per heavy atom. The van der Waals surface area contributed by atoms with Crippen molar-refractivity contribution in [3.63, 3.8) is 0 Å². The number of hydrogen-bond acceptors (Lipinski definition) is 23. The number of carbonyl (C=O) groups is 3. The van der Waals surface area contributed by atoms with E-state index in [1.54, 1.807) is 75.8 Å². The molecule has 137 heavy (non-hydrogen) atoms. The van der Waals surface area contributed by atoms with Crippen LogP contribution in [-0.2, 0) is 41.6 Å². The normalized spacial score (nSPS) is 17.9. The van der Waals surface area contributed by atoms with E-state index in [4.69, 9.17) is 64.7 Å². The fraction of sp³-hybridized carbons (Fsp3) is 0.386. The molecule has 7 atom stereocenters. The molecular formula is C101H113Cl3F2N20O9S2. The number of halogens is 5. The molecule has 3 aromatic carbocycles. The summed E-state index contributed by atoms with van der Waals surface area (Å²) >= 11 is 20.7. The summed E-state index contributed by atoms with van der Waals surface area (Å²) in [6.07, 6.45) is 12.2. The minimum Gasteiger partial charge on any atom is -0.349 e. The Labute approximate surface area is 812 Å². The van der Waals surface area contributed by atoms with Gasteiger partial charge in [-0.05, 0) is 195 Å². The molecule has 7 unspecified atom stereocenters. The summed E-state index contributed by atoms with van der Waals surface area (Å²) < 4.78 is 73.2. The van der Waals surface area contributed by atoms with Crippen molar-refractivity contribution in [3.05, 3.63) is 245 Å². The predicted octanol–water partition coefficient (Wildman–Crippen LogP) is 16.8. The molecule has 13 heterocycles. The van der Waals surface area contributed by atoms with Crippen LogP contribution < -0.4 is 31.8 Å². The molecule has 9 aromatic heterocycles. The Hall–Kier alpha value is -12.3. The molecule has 36 heteroatoms. The van der Waals surface area contributed by atoms with Crippen LogP contribution in [0.25, 0.3) is 83.9 Å². The van der Waals surface area contributed by atoms with Gasteiger partial charge in [0.1, 0.15) is 34.9 Å². The van der Waals surface area contributed by atoms with Crippen molar-refractivity contribution in [2.24, 2.45) is 0 Å². The molecule has 4 aliphatic rings. The largest absolute Gasteiger partial charge is 0.355 e. The van der Waals surface area contributed by atoms with E-state index in [-0.39, 0.29) is 126 Å². The lowest BCUT2D eigenvalue weighted by Gasteiger charge is -2.44. The first-order chi connectivity index (χ1) is 65.0. The maximum Gasteiger partial charge on any atom is 0.355 e. The molecular weight excluding hydrogens is 1850 g/mol. The summed E-state index contributed by atoms with van der Waals surface area (Å²) in [6.45, 7) is 47.6. The smallest absolute Gasteiger partial charge is 0.349 e. The predicted molar refractivity (Wildman–Crippen MR) is 538 cm³/mol. The minimum atomic E-state index is -3.90. The summed E-state index contributed by atoms with van der Waals surface area (Å²) in [4.78, 5) is 142. The second kappa shape index (κ2) is 41.2. The molecule has 4 aliphatic heterocycles. The Morgan fingerprint density at radius 3 is 1.20 bits per heavy atom. The standard InChI is InChI=1S/C37H44ClFN8O2.C32H34ClFN6O4S.C32H35ClN6O3S/c1-8-30(48)45-18-24(7)46(19-23(45)6)35-26-17-27(38)33(25-13-9-10-14-28(25)39)42-36(26)47(37(49)43-35)34-31(21(2)3)40-29(41-32(34)22(4)5)20-44-15-11-12-16-44;1-8-25(41)38-15-20(6)39(16-19(38)5)30-21-14-22(33)28(26-23(34)10-9-11-24(26)45(7,43)44)36-31(21)40(32(42)37-30)29-18(4)12-13-35-27(29)17(2)3;1-8-26(40)37-16-21(6)38(17-20(37)5)30-23-15-24(33)28(22-11-9-10-12-25(22)43(7)42)35-31(23)39(32(41)36-30)29-19(4)13-14-34-27(29)18(2)3/h8-10,13-14,17,21-24H,1,11-12,15-16,18-20H2,2-7H3;8-14,17,19-20H,1,15-16H2,2-7H3;8-15,18,20-21H,1,16-17H2,2-7H3. The third-order valence-corrected chi connectivity index (χ3v) is 28.4. The highest BCUT2D eigenvalue weighted by molar-refractivity contribution is 7.90. The second-order valence-electron chi connectivity index (χ2n) is 36.8. The number of sulfone groups is 1. The molecule has 0 radical (unpaired) electrons. The number of fused-ring (bicyclic) bond motifs is 3. The molecule has 12 aromatic rings. The van der Waals surface area contributed by atoms with Crippen molar-refractivity contribution in [1.29, 1.82) is 0 Å². The Balaban J connectivity index is 0.000000165. The van der Waals surface area contributed by atoms with Gasteiger partial charge in [0.05, 0.1) is 116 Å². The average molecular weight is 1960 g/mol. The lowest BCUT2D eigenvalue weighted by atomic mass is 10.0. The highest BCUT2D eigenvalue weighted by atomic mass is 35.5. The van der Waals surface area contributed by atoms with E-state index in [0.29, 0.717) is 140 Å². The monoisotopic (exact) mass is 1960 g/mol. The number of pyridine rings is 5. The van der Waals surface area contributed by atoms with Crippen LogP contribution in [0.3, 0.4) is 0 Å². The van der Waals surface area contributed by atoms with Gasteiger partial charge in [0.25, 0.3) is 0 Å². The fourth-order valence-electron chi connectivity index (χ4n) is 18.6. The van der Waals surface area contributed by atoms with Crippen LogP contribution in [0, 0.1) is 25.5 Å². The third-order valence-electron chi connectivity index (χ3n) is 25.5. The lowest BCUT2D eigenvalue weighted by molar-refractivity contribution is -0.129. The van der Waals surface area contributed by atoms with Gasteiger partial charge in [-0.25, -0.2) is 70.2 Å². The van der Waals surface area contributed by atoms with Crippen LogP contribution in [0.2, 0.25) is 15.1 Å². The van der Waals surface area contributed by atoms with Crippen LogP contribution >= 0.6 is 34.8 Å². The van der Waals surface area contributed by atoms with Gasteiger partial charge in [-0.3, -0.25) is 33.5 Å². The summed E-state index contributed by atoms with van der Waals surface area (Å²) in [5, 5.41) is 2.03. The van der Waals surface area contributed by atoms with Crippen molar-refractivity contribution in [3.8, 4) is 50.8 Å². The first kappa shape index (κ1) is 101. The molecule has 29 nitrogen and oxygen atoms in total. The molecule has 0 N–H and O–H groups in total. The highest BCUT2D eigenvalue weighted by Gasteiger charge is 2.40. The number of piperazine rings is 3. The Kier molecular flexibility index (Phi) is 30.3. The molecule has 4 saturated heterocycles. The zero-order valence-electron chi connectivity index (χ0n) is 80.1. The van der Waals surface area contributed by atoms with E-state index in [1.807, 2.05) is 150 Å². The molecule has 3 amide bonds. The second-order valence-corrected chi connectivity index (χ2v) is 41.3. The van der Waals surface area contributed by atoms with Crippen LogP contribution in [0.5, 0.6) is 0 Å². The SMILES string of the molecule is C=CC(=O)N1CC(C)N(c2nc(=O)n(-c3c(C(C)C)nc(CN4CCCC4)nc3C(C)C)c3nc(-c4ccccc4F)c(Cl)cc23)CC1C.C=CC(=O)N1CC(C)N(c2nc(=O)n(-c3c(C)ccnc3C(C)C)c3nc(-c4c(F)cccc4S(C)(=O)=O)c(Cl)cc23)CC1C.C=CC(=O)N1CC(C)N(c2nc(=O)n(-c3c(C)ccnc3C(C)C)c3nc(-c4ccccc4S(C)=O)c(Cl)cc23)CC1C. The molecule has 0 aliphatic carbocycles. The number of benzene rings is 3. The van der Waals surface area contributed by atoms with Crippen LogP contribution in [0.4, 0.5) is 26.2 Å². The Morgan fingerprint density at radius 1 is 0.467 bits per heavy atom. The van der Waals surface area contributed by atoms with Crippen molar-refractivity contribution >= 4 is 124 Å². The number of aromatic nitrogens is 13. The number of rotatable bonds is 20. The van der Waals surface area contributed by atoms with Crippen LogP contribution in [0.15, 0.2) is 172 Å². The quantitative estimate of drug-likeness (QED) is 0.0640. The summed E-state index contributed by atoms with van der Waals surface area (Å²) in [6, 6.07) is 24.8. The maximum atomic E-state index is 15.5. The van der Waals surface area contributed by atoms with E-state index in [2.05, 4.69) is 44.6 Å². The highest BCUT2D eigenvalue weighted by Crippen LogP contribution is 2.44. The van der Waals surface area contributed by atoms with Gasteiger partial charge in [0.2, 0.25) is 17.7 Å². The number of anilines is 3. The van der Waals surface area contributed by atoms with Gasteiger partial charge in [-0.1, -0.05) is 146 Å². The van der Waals surface area contributed by atoms with Crippen molar-refractivity contribution in [2.75, 3.05) is 79.6 Å². The molecule has 4 fully saturated rings. The van der Waals surface area contributed by atoms with Crippen molar-refractivity contribution in [2.45, 2.75) is 200 Å². The minimum absolute atomic E-state index is 0.0166. The van der Waals surface area contributed by atoms with Gasteiger partial charge in [0.15, 0.2) is 26.8 Å². The number of hydrogen-bond donors (Lipinski definition) is 0. The van der Waals surface area contributed by atoms with Crippen molar-refractivity contribution in [1.82, 2.24) is 83.1 Å². The lowest BCUT2D eigenvalue weighted by Crippen LogP contribution is -2.58. The maximum absolute atomic E-state index is 15.5. The number of amides is 3. The summed E-state index contributed by atoms with van der Waals surface area (Å²) in [5.41, 5.74) is 6.10. The van der Waals surface area contributed by atoms with Gasteiger partial charge in [-0.15, -0.1) is 0 Å². The van der Waals surface area contributed by atoms with E-state index in [0.717, 1.165) is 60.9 Å². The van der Waals surface area contributed by atoms with Crippen molar-refractivity contribution < 1.29 is 35.8 Å². The van der Waals surface area contributed by atoms with Gasteiger partial charge in [0, 0.05) is 116 Å². The zero-order chi connectivity index (χ0) is 99.3. The van der Waals surface area contributed by atoms with Gasteiger partial charge < -0.3 is 29.4 Å². The number of nitrogens with zero attached hydrogens (tertiary/aromatic N) is 20. The summed E-state index contributed by atoms with van der Waals surface area (Å²) in [7, 11) is -5.20. The van der Waals surface area contributed by atoms with E-state index in [9.17, 15) is 41.4 Å². The summed E-state index contributed by atoms with van der Waals surface area (Å²) in [5.74, 6) is -0.142. The fourth-order valence-corrected chi connectivity index (χ4v) is 21.0. The molecule has 0 bridgehead atoms. The average Bonchev–Trinajstić information content (AvgIpc) is 1.08. The zero-order valence-corrected chi connectivity index (χ0v) is 84.0. The van der Waals surface area contributed by atoms with Crippen LogP contribution in [0.1, 0.15) is 173 Å². The topological polar surface area (TPSA) is 320 Å².